The SMILES string of the molecule is CCOC(=O)c1c(NC(=O)c2c(C)c(-c3ccccc3)nc3ccccc23)sc2c1CC[C@H](C(C)(C)C)C2. The Balaban J connectivity index is 1.60. The highest BCUT2D eigenvalue weighted by Crippen LogP contribution is 2.45. The molecule has 0 radical (unpaired) electrons. The van der Waals surface area contributed by atoms with Crippen LogP contribution in [0.5, 0.6) is 0 Å². The van der Waals surface area contributed by atoms with Gasteiger partial charge in [-0.2, -0.15) is 0 Å². The van der Waals surface area contributed by atoms with Gasteiger partial charge in [-0.15, -0.1) is 11.3 Å². The molecule has 0 fully saturated rings. The van der Waals surface area contributed by atoms with Gasteiger partial charge in [-0.3, -0.25) is 4.79 Å². The van der Waals surface area contributed by atoms with Crippen molar-refractivity contribution in [1.82, 2.24) is 4.98 Å². The van der Waals surface area contributed by atoms with Crippen molar-refractivity contribution >= 4 is 39.1 Å². The van der Waals surface area contributed by atoms with Gasteiger partial charge in [-0.25, -0.2) is 9.78 Å². The average Bonchev–Trinajstić information content (AvgIpc) is 3.25. The van der Waals surface area contributed by atoms with Crippen LogP contribution in [0.25, 0.3) is 22.2 Å². The number of amides is 1. The van der Waals surface area contributed by atoms with Gasteiger partial charge in [0.2, 0.25) is 0 Å². The third kappa shape index (κ3) is 4.85. The highest BCUT2D eigenvalue weighted by molar-refractivity contribution is 7.17. The van der Waals surface area contributed by atoms with Gasteiger partial charge in [0, 0.05) is 15.8 Å². The molecule has 38 heavy (non-hydrogen) atoms. The van der Waals surface area contributed by atoms with Gasteiger partial charge in [-0.1, -0.05) is 69.3 Å². The minimum absolute atomic E-state index is 0.177. The number of nitrogens with zero attached hydrogens (tertiary/aromatic N) is 1. The molecule has 1 atom stereocenters. The zero-order chi connectivity index (χ0) is 27.0. The number of rotatable bonds is 5. The Hall–Kier alpha value is -3.51. The maximum absolute atomic E-state index is 14.0. The van der Waals surface area contributed by atoms with E-state index in [0.29, 0.717) is 22.0 Å². The highest BCUT2D eigenvalue weighted by Gasteiger charge is 2.35. The lowest BCUT2D eigenvalue weighted by Crippen LogP contribution is -2.26. The predicted octanol–water partition coefficient (Wildman–Crippen LogP) is 7.85. The number of hydrogen-bond acceptors (Lipinski definition) is 5. The molecule has 2 aromatic heterocycles. The fourth-order valence-electron chi connectivity index (χ4n) is 5.47. The number of anilines is 1. The number of ether oxygens (including phenoxy) is 1. The fourth-order valence-corrected chi connectivity index (χ4v) is 6.79. The molecule has 0 unspecified atom stereocenters. The highest BCUT2D eigenvalue weighted by atomic mass is 32.1. The van der Waals surface area contributed by atoms with E-state index >= 15 is 0 Å². The second-order valence-electron chi connectivity index (χ2n) is 11.0. The summed E-state index contributed by atoms with van der Waals surface area (Å²) in [5.41, 5.74) is 5.59. The van der Waals surface area contributed by atoms with Crippen LogP contribution in [0.3, 0.4) is 0 Å². The van der Waals surface area contributed by atoms with Crippen molar-refractivity contribution in [2.45, 2.75) is 53.9 Å². The molecule has 0 saturated carbocycles. The minimum Gasteiger partial charge on any atom is -0.462 e. The summed E-state index contributed by atoms with van der Waals surface area (Å²) in [5, 5.41) is 4.50. The van der Waals surface area contributed by atoms with Crippen molar-refractivity contribution in [3.63, 3.8) is 0 Å². The van der Waals surface area contributed by atoms with E-state index in [1.54, 1.807) is 0 Å². The molecular formula is C32H34N2O3S. The summed E-state index contributed by atoms with van der Waals surface area (Å²) in [4.78, 5) is 33.2. The van der Waals surface area contributed by atoms with Gasteiger partial charge < -0.3 is 10.1 Å². The van der Waals surface area contributed by atoms with Crippen LogP contribution in [0.15, 0.2) is 54.6 Å². The number of hydrogen-bond donors (Lipinski definition) is 1. The zero-order valence-electron chi connectivity index (χ0n) is 22.7. The number of nitrogens with one attached hydrogen (secondary N) is 1. The summed E-state index contributed by atoms with van der Waals surface area (Å²) in [5.74, 6) is -0.0855. The van der Waals surface area contributed by atoms with Gasteiger partial charge >= 0.3 is 5.97 Å². The molecule has 1 N–H and O–H groups in total. The average molecular weight is 527 g/mol. The maximum Gasteiger partial charge on any atom is 0.341 e. The maximum atomic E-state index is 14.0. The predicted molar refractivity (Wildman–Crippen MR) is 155 cm³/mol. The molecule has 196 valence electrons. The van der Waals surface area contributed by atoms with E-state index in [1.807, 2.05) is 68.4 Å². The van der Waals surface area contributed by atoms with Crippen molar-refractivity contribution < 1.29 is 14.3 Å². The number of carbonyl (C=O) groups excluding carboxylic acids is 2. The normalized spacial score (nSPS) is 15.2. The van der Waals surface area contributed by atoms with E-state index in [9.17, 15) is 9.59 Å². The third-order valence-electron chi connectivity index (χ3n) is 7.61. The first-order chi connectivity index (χ1) is 18.2. The van der Waals surface area contributed by atoms with Gasteiger partial charge in [-0.05, 0) is 61.6 Å². The first-order valence-corrected chi connectivity index (χ1v) is 14.1. The molecule has 2 aromatic carbocycles. The Bertz CT molecular complexity index is 1520. The van der Waals surface area contributed by atoms with Crippen LogP contribution in [0.4, 0.5) is 5.00 Å². The number of fused-ring (bicyclic) bond motifs is 2. The van der Waals surface area contributed by atoms with Crippen LogP contribution >= 0.6 is 11.3 Å². The zero-order valence-corrected chi connectivity index (χ0v) is 23.5. The smallest absolute Gasteiger partial charge is 0.341 e. The second kappa shape index (κ2) is 10.3. The number of aromatic nitrogens is 1. The number of para-hydroxylation sites is 1. The molecule has 1 aliphatic rings. The number of thiophene rings is 1. The Morgan fingerprint density at radius 1 is 1.05 bits per heavy atom. The van der Waals surface area contributed by atoms with Crippen LogP contribution in [0.2, 0.25) is 0 Å². The first kappa shape index (κ1) is 26.1. The largest absolute Gasteiger partial charge is 0.462 e. The number of benzene rings is 2. The standard InChI is InChI=1S/C32H34N2O3S/c1-6-37-31(36)27-23-17-16-21(32(3,4)5)18-25(23)38-30(27)34-29(35)26-19(2)28(20-12-8-7-9-13-20)33-24-15-11-10-14-22(24)26/h7-15,21H,6,16-18H2,1-5H3,(H,34,35)/t21-/m0/s1. The molecule has 2 heterocycles. The van der Waals surface area contributed by atoms with Gasteiger partial charge in [0.05, 0.1) is 28.9 Å². The third-order valence-corrected chi connectivity index (χ3v) is 8.78. The van der Waals surface area contributed by atoms with Crippen LogP contribution in [-0.2, 0) is 17.6 Å². The fraction of sp³-hybridized carbons (Fsp3) is 0.344. The van der Waals surface area contributed by atoms with Gasteiger partial charge in [0.25, 0.3) is 5.91 Å². The van der Waals surface area contributed by atoms with Crippen LogP contribution < -0.4 is 5.32 Å². The Kier molecular flexibility index (Phi) is 7.10. The molecule has 0 bridgehead atoms. The summed E-state index contributed by atoms with van der Waals surface area (Å²) in [6.45, 7) is 10.8. The Morgan fingerprint density at radius 2 is 1.76 bits per heavy atom. The lowest BCUT2D eigenvalue weighted by molar-refractivity contribution is 0.0526. The van der Waals surface area contributed by atoms with Crippen LogP contribution in [-0.4, -0.2) is 23.5 Å². The van der Waals surface area contributed by atoms with Crippen molar-refractivity contribution in [2.24, 2.45) is 11.3 Å². The van der Waals surface area contributed by atoms with Crippen molar-refractivity contribution in [2.75, 3.05) is 11.9 Å². The summed E-state index contributed by atoms with van der Waals surface area (Å²) in [6.07, 6.45) is 2.73. The van der Waals surface area contributed by atoms with Crippen molar-refractivity contribution in [1.29, 1.82) is 0 Å². The second-order valence-corrected chi connectivity index (χ2v) is 12.1. The van der Waals surface area contributed by atoms with Crippen molar-refractivity contribution in [3.8, 4) is 11.3 Å². The van der Waals surface area contributed by atoms with E-state index in [1.165, 1.54) is 16.2 Å². The monoisotopic (exact) mass is 526 g/mol. The molecule has 0 aliphatic heterocycles. The summed E-state index contributed by atoms with van der Waals surface area (Å²) < 4.78 is 5.45. The first-order valence-electron chi connectivity index (χ1n) is 13.3. The lowest BCUT2D eigenvalue weighted by atomic mass is 9.72. The number of carbonyl (C=O) groups is 2. The summed E-state index contributed by atoms with van der Waals surface area (Å²) in [7, 11) is 0. The quantitative estimate of drug-likeness (QED) is 0.269. The molecule has 6 heteroatoms. The van der Waals surface area contributed by atoms with E-state index < -0.39 is 0 Å². The molecule has 1 amide bonds. The van der Waals surface area contributed by atoms with Gasteiger partial charge in [0.1, 0.15) is 5.00 Å². The minimum atomic E-state index is -0.365. The molecular weight excluding hydrogens is 492 g/mol. The molecule has 5 rings (SSSR count). The Morgan fingerprint density at radius 3 is 2.47 bits per heavy atom. The Labute approximate surface area is 228 Å². The molecule has 4 aromatic rings. The van der Waals surface area contributed by atoms with E-state index in [-0.39, 0.29) is 23.9 Å². The number of esters is 1. The summed E-state index contributed by atoms with van der Waals surface area (Å²) in [6, 6.07) is 17.6. The summed E-state index contributed by atoms with van der Waals surface area (Å²) >= 11 is 1.52. The molecule has 5 nitrogen and oxygen atoms in total. The molecule has 0 spiro atoms. The van der Waals surface area contributed by atoms with Crippen LogP contribution in [0.1, 0.15) is 70.8 Å². The lowest BCUT2D eigenvalue weighted by Gasteiger charge is -2.33. The van der Waals surface area contributed by atoms with Crippen LogP contribution in [0, 0.1) is 18.3 Å². The topological polar surface area (TPSA) is 68.3 Å². The van der Waals surface area contributed by atoms with E-state index in [0.717, 1.165) is 52.5 Å². The number of pyridine rings is 1. The van der Waals surface area contributed by atoms with E-state index in [2.05, 4.69) is 26.1 Å². The molecule has 0 saturated heterocycles. The molecule has 1 aliphatic carbocycles. The van der Waals surface area contributed by atoms with Gasteiger partial charge in [0.15, 0.2) is 0 Å². The van der Waals surface area contributed by atoms with E-state index in [4.69, 9.17) is 9.72 Å². The van der Waals surface area contributed by atoms with Crippen molar-refractivity contribution in [3.05, 3.63) is 81.7 Å².